The number of thiazole rings is 1. The van der Waals surface area contributed by atoms with Gasteiger partial charge in [0.25, 0.3) is 0 Å². The summed E-state index contributed by atoms with van der Waals surface area (Å²) in [5, 5.41) is 12.1. The molecule has 0 spiro atoms. The summed E-state index contributed by atoms with van der Waals surface area (Å²) in [4.78, 5) is 28.4. The highest BCUT2D eigenvalue weighted by Crippen LogP contribution is 2.39. The molecule has 0 bridgehead atoms. The van der Waals surface area contributed by atoms with Gasteiger partial charge in [-0.25, -0.2) is 9.78 Å². The van der Waals surface area contributed by atoms with Gasteiger partial charge in [-0.3, -0.25) is 4.79 Å². The summed E-state index contributed by atoms with van der Waals surface area (Å²) in [5.74, 6) is -1.05. The van der Waals surface area contributed by atoms with Crippen LogP contribution >= 0.6 is 23.1 Å². The third-order valence-electron chi connectivity index (χ3n) is 2.62. The lowest BCUT2D eigenvalue weighted by Crippen LogP contribution is -1.97. The van der Waals surface area contributed by atoms with Crippen LogP contribution in [-0.4, -0.2) is 21.8 Å². The Bertz CT molecular complexity index is 737. The maximum atomic E-state index is 12.1. The van der Waals surface area contributed by atoms with Crippen LogP contribution in [0.15, 0.2) is 46.5 Å². The molecule has 20 heavy (non-hydrogen) atoms. The van der Waals surface area contributed by atoms with Crippen molar-refractivity contribution in [3.05, 3.63) is 52.0 Å². The molecule has 2 heterocycles. The Hall–Kier alpha value is -2.12. The fourth-order valence-corrected chi connectivity index (χ4v) is 3.30. The van der Waals surface area contributed by atoms with Crippen molar-refractivity contribution >= 4 is 40.0 Å². The van der Waals surface area contributed by atoms with Crippen molar-refractivity contribution in [2.24, 2.45) is 0 Å². The first-order chi connectivity index (χ1) is 9.65. The number of anilines is 1. The van der Waals surface area contributed by atoms with Gasteiger partial charge in [0.05, 0.1) is 11.1 Å². The van der Waals surface area contributed by atoms with Crippen LogP contribution in [0.3, 0.4) is 0 Å². The number of hydrogen-bond acceptors (Lipinski definition) is 6. The van der Waals surface area contributed by atoms with E-state index < -0.39 is 5.97 Å². The first-order valence-corrected chi connectivity index (χ1v) is 7.26. The fourth-order valence-electron chi connectivity index (χ4n) is 1.70. The average Bonchev–Trinajstić information content (AvgIpc) is 3.03. The average molecular weight is 304 g/mol. The van der Waals surface area contributed by atoms with Crippen molar-refractivity contribution in [2.45, 2.75) is 4.90 Å². The van der Waals surface area contributed by atoms with Gasteiger partial charge in [0.2, 0.25) is 5.78 Å². The molecular formula is C13H8N2O3S2. The third-order valence-corrected chi connectivity index (χ3v) is 4.63. The molecule has 0 aliphatic carbocycles. The molecule has 0 saturated heterocycles. The minimum atomic E-state index is -1.01. The van der Waals surface area contributed by atoms with E-state index in [-0.39, 0.29) is 10.7 Å². The highest BCUT2D eigenvalue weighted by molar-refractivity contribution is 8.04. The number of thioether (sulfide) groups is 1. The Balaban J connectivity index is 1.78. The lowest BCUT2D eigenvalue weighted by molar-refractivity contribution is 0.0701. The first kappa shape index (κ1) is 12.9. The maximum absolute atomic E-state index is 12.1. The molecule has 0 fully saturated rings. The Kier molecular flexibility index (Phi) is 3.29. The number of Topliss-reactive ketones (excluding diaryl/α,β-unsaturated/α-hetero) is 1. The number of benzene rings is 1. The summed E-state index contributed by atoms with van der Waals surface area (Å²) >= 11 is 2.41. The number of carbonyl (C=O) groups excluding carboxylic acids is 1. The monoisotopic (exact) mass is 304 g/mol. The summed E-state index contributed by atoms with van der Waals surface area (Å²) < 4.78 is 0. The highest BCUT2D eigenvalue weighted by atomic mass is 32.2. The fraction of sp³-hybridized carbons (Fsp3) is 0. The van der Waals surface area contributed by atoms with Gasteiger partial charge in [-0.2, -0.15) is 0 Å². The van der Waals surface area contributed by atoms with Crippen molar-refractivity contribution in [3.63, 3.8) is 0 Å². The van der Waals surface area contributed by atoms with Gasteiger partial charge in [-0.15, -0.1) is 0 Å². The molecule has 1 aromatic heterocycles. The molecule has 2 aromatic rings. The number of carboxylic acids is 1. The summed E-state index contributed by atoms with van der Waals surface area (Å²) in [6.07, 6.45) is 2.85. The number of allylic oxidation sites excluding steroid dienone is 1. The Morgan fingerprint density at radius 1 is 1.35 bits per heavy atom. The van der Waals surface area contributed by atoms with E-state index in [4.69, 9.17) is 5.11 Å². The minimum absolute atomic E-state index is 0.0342. The number of hydrogen-bond donors (Lipinski definition) is 2. The number of carboxylic acid groups (broad SMARTS) is 1. The SMILES string of the molecule is O=C(O)c1cnc(N/C=C2\Sc3ccccc3C2=O)s1. The van der Waals surface area contributed by atoms with Crippen LogP contribution in [-0.2, 0) is 0 Å². The largest absolute Gasteiger partial charge is 0.477 e. The quantitative estimate of drug-likeness (QED) is 0.848. The van der Waals surface area contributed by atoms with Crippen LogP contribution in [0.4, 0.5) is 5.13 Å². The molecular weight excluding hydrogens is 296 g/mol. The van der Waals surface area contributed by atoms with Gasteiger partial charge in [-0.1, -0.05) is 35.2 Å². The van der Waals surface area contributed by atoms with E-state index in [2.05, 4.69) is 10.3 Å². The normalized spacial score (nSPS) is 15.4. The Morgan fingerprint density at radius 2 is 2.15 bits per heavy atom. The molecule has 5 nitrogen and oxygen atoms in total. The molecule has 0 atom stereocenters. The summed E-state index contributed by atoms with van der Waals surface area (Å²) in [6, 6.07) is 7.39. The van der Waals surface area contributed by atoms with E-state index in [0.29, 0.717) is 15.6 Å². The lowest BCUT2D eigenvalue weighted by Gasteiger charge is -1.95. The molecule has 1 aliphatic rings. The van der Waals surface area contributed by atoms with E-state index in [1.54, 1.807) is 12.3 Å². The van der Waals surface area contributed by atoms with Crippen LogP contribution < -0.4 is 5.32 Å². The molecule has 0 amide bonds. The van der Waals surface area contributed by atoms with Crippen LogP contribution in [0.5, 0.6) is 0 Å². The zero-order chi connectivity index (χ0) is 14.1. The van der Waals surface area contributed by atoms with Crippen LogP contribution in [0.2, 0.25) is 0 Å². The second-order valence-electron chi connectivity index (χ2n) is 3.92. The van der Waals surface area contributed by atoms with Gasteiger partial charge in [0, 0.05) is 16.7 Å². The van der Waals surface area contributed by atoms with E-state index in [1.807, 2.05) is 18.2 Å². The summed E-state index contributed by atoms with van der Waals surface area (Å²) in [5.41, 5.74) is 0.691. The van der Waals surface area contributed by atoms with Crippen LogP contribution in [0.25, 0.3) is 0 Å². The zero-order valence-electron chi connectivity index (χ0n) is 9.99. The predicted molar refractivity (Wildman–Crippen MR) is 77.4 cm³/mol. The minimum Gasteiger partial charge on any atom is -0.477 e. The van der Waals surface area contributed by atoms with Gasteiger partial charge in [0.15, 0.2) is 5.13 Å². The molecule has 0 radical (unpaired) electrons. The number of fused-ring (bicyclic) bond motifs is 1. The number of carbonyl (C=O) groups is 2. The standard InChI is InChI=1S/C13H8N2O3S2/c16-11-7-3-1-2-4-8(7)19-9(11)5-14-13-15-6-10(20-13)12(17)18/h1-6H,(H,14,15)(H,17,18)/b9-5-. The molecule has 1 aromatic carbocycles. The molecule has 100 valence electrons. The number of ketones is 1. The number of rotatable bonds is 3. The molecule has 1 aliphatic heterocycles. The molecule has 2 N–H and O–H groups in total. The van der Waals surface area contributed by atoms with Gasteiger partial charge < -0.3 is 10.4 Å². The summed E-state index contributed by atoms with van der Waals surface area (Å²) in [6.45, 7) is 0. The number of aromatic nitrogens is 1. The smallest absolute Gasteiger partial charge is 0.347 e. The Labute approximate surface area is 122 Å². The van der Waals surface area contributed by atoms with E-state index in [9.17, 15) is 9.59 Å². The second kappa shape index (κ2) is 5.10. The van der Waals surface area contributed by atoms with Crippen molar-refractivity contribution in [1.82, 2.24) is 4.98 Å². The number of nitrogens with zero attached hydrogens (tertiary/aromatic N) is 1. The van der Waals surface area contributed by atoms with Crippen LogP contribution in [0, 0.1) is 0 Å². The number of aromatic carboxylic acids is 1. The Morgan fingerprint density at radius 3 is 2.85 bits per heavy atom. The molecule has 7 heteroatoms. The van der Waals surface area contributed by atoms with E-state index in [1.165, 1.54) is 18.0 Å². The van der Waals surface area contributed by atoms with Gasteiger partial charge in [0.1, 0.15) is 4.88 Å². The van der Waals surface area contributed by atoms with E-state index >= 15 is 0 Å². The van der Waals surface area contributed by atoms with E-state index in [0.717, 1.165) is 16.2 Å². The highest BCUT2D eigenvalue weighted by Gasteiger charge is 2.25. The molecule has 0 saturated carbocycles. The van der Waals surface area contributed by atoms with Crippen molar-refractivity contribution in [2.75, 3.05) is 5.32 Å². The van der Waals surface area contributed by atoms with Crippen molar-refractivity contribution in [3.8, 4) is 0 Å². The predicted octanol–water partition coefficient (Wildman–Crippen LogP) is 3.08. The topological polar surface area (TPSA) is 79.3 Å². The van der Waals surface area contributed by atoms with Crippen molar-refractivity contribution < 1.29 is 14.7 Å². The van der Waals surface area contributed by atoms with Gasteiger partial charge >= 0.3 is 5.97 Å². The second-order valence-corrected chi connectivity index (χ2v) is 6.03. The number of nitrogens with one attached hydrogen (secondary N) is 1. The maximum Gasteiger partial charge on any atom is 0.347 e. The van der Waals surface area contributed by atoms with Crippen LogP contribution in [0.1, 0.15) is 20.0 Å². The molecule has 0 unspecified atom stereocenters. The summed E-state index contributed by atoms with van der Waals surface area (Å²) in [7, 11) is 0. The first-order valence-electron chi connectivity index (χ1n) is 5.62. The van der Waals surface area contributed by atoms with Gasteiger partial charge in [-0.05, 0) is 12.1 Å². The third kappa shape index (κ3) is 2.33. The lowest BCUT2D eigenvalue weighted by atomic mass is 10.1. The molecule has 3 rings (SSSR count). The zero-order valence-corrected chi connectivity index (χ0v) is 11.6. The van der Waals surface area contributed by atoms with Crippen molar-refractivity contribution in [1.29, 1.82) is 0 Å².